The molecule has 0 amide bonds. The highest BCUT2D eigenvalue weighted by Gasteiger charge is 2.27. The first-order chi connectivity index (χ1) is 14.0. The molecule has 4 rings (SSSR count). The van der Waals surface area contributed by atoms with Gasteiger partial charge in [-0.2, -0.15) is 4.98 Å². The number of benzene rings is 1. The van der Waals surface area contributed by atoms with Crippen LogP contribution in [0.15, 0.2) is 41.4 Å². The Morgan fingerprint density at radius 2 is 1.72 bits per heavy atom. The summed E-state index contributed by atoms with van der Waals surface area (Å²) in [5, 5.41) is 3.45. The molecule has 1 aromatic heterocycles. The van der Waals surface area contributed by atoms with Crippen LogP contribution in [-0.2, 0) is 16.4 Å². The van der Waals surface area contributed by atoms with Crippen LogP contribution < -0.4 is 10.2 Å². The van der Waals surface area contributed by atoms with Gasteiger partial charge in [0.25, 0.3) is 0 Å². The van der Waals surface area contributed by atoms with Crippen LogP contribution in [0.5, 0.6) is 0 Å². The minimum Gasteiger partial charge on any atom is -0.356 e. The number of rotatable bonds is 6. The first kappa shape index (κ1) is 20.1. The second-order valence-corrected chi connectivity index (χ2v) is 10.1. The molecule has 2 aliphatic heterocycles. The lowest BCUT2D eigenvalue weighted by atomic mass is 10.1. The number of aromatic nitrogens is 2. The van der Waals surface area contributed by atoms with E-state index in [1.165, 1.54) is 31.9 Å². The van der Waals surface area contributed by atoms with Gasteiger partial charge in [-0.15, -0.1) is 0 Å². The molecule has 3 heterocycles. The zero-order chi connectivity index (χ0) is 20.3. The lowest BCUT2D eigenvalue weighted by Gasteiger charge is -2.39. The highest BCUT2D eigenvalue weighted by molar-refractivity contribution is 7.90. The van der Waals surface area contributed by atoms with Crippen molar-refractivity contribution in [1.29, 1.82) is 0 Å². The first-order valence-electron chi connectivity index (χ1n) is 10.3. The number of anilines is 2. The van der Waals surface area contributed by atoms with Crippen molar-refractivity contribution in [2.45, 2.75) is 43.2 Å². The molecule has 0 radical (unpaired) electrons. The lowest BCUT2D eigenvalue weighted by Crippen LogP contribution is -2.54. The second kappa shape index (κ2) is 8.67. The molecule has 8 heteroatoms. The van der Waals surface area contributed by atoms with Crippen molar-refractivity contribution < 1.29 is 8.42 Å². The van der Waals surface area contributed by atoms with E-state index >= 15 is 0 Å². The fourth-order valence-corrected chi connectivity index (χ4v) is 4.60. The Hall–Kier alpha value is -2.19. The van der Waals surface area contributed by atoms with Crippen molar-refractivity contribution in [3.8, 4) is 0 Å². The molecule has 7 nitrogen and oxygen atoms in total. The molecule has 0 spiro atoms. The van der Waals surface area contributed by atoms with Gasteiger partial charge in [0.1, 0.15) is 5.82 Å². The van der Waals surface area contributed by atoms with E-state index in [0.717, 1.165) is 44.1 Å². The van der Waals surface area contributed by atoms with Gasteiger partial charge >= 0.3 is 0 Å². The molecule has 156 valence electrons. The molecule has 0 unspecified atom stereocenters. The molecule has 1 aromatic carbocycles. The predicted octanol–water partition coefficient (Wildman–Crippen LogP) is 2.56. The summed E-state index contributed by atoms with van der Waals surface area (Å²) >= 11 is 0. The van der Waals surface area contributed by atoms with E-state index in [1.807, 2.05) is 24.4 Å². The topological polar surface area (TPSA) is 78.4 Å². The monoisotopic (exact) mass is 415 g/mol. The van der Waals surface area contributed by atoms with Gasteiger partial charge in [-0.25, -0.2) is 13.4 Å². The average molecular weight is 416 g/mol. The molecule has 1 N–H and O–H groups in total. The van der Waals surface area contributed by atoms with E-state index in [4.69, 9.17) is 4.98 Å². The van der Waals surface area contributed by atoms with E-state index in [-0.39, 0.29) is 0 Å². The molecule has 2 aromatic rings. The molecule has 2 aliphatic rings. The van der Waals surface area contributed by atoms with Gasteiger partial charge in [0.2, 0.25) is 5.95 Å². The minimum absolute atomic E-state index is 0.338. The molecule has 0 saturated carbocycles. The number of nitrogens with one attached hydrogen (secondary N) is 1. The highest BCUT2D eigenvalue weighted by atomic mass is 32.2. The minimum atomic E-state index is -3.14. The SMILES string of the molecule is CS(=O)(=O)c1ccc(CN2CC(Nc3nccc(N4CCCCCC4)n3)C2)cc1. The lowest BCUT2D eigenvalue weighted by molar-refractivity contribution is 0.152. The van der Waals surface area contributed by atoms with Crippen molar-refractivity contribution in [2.24, 2.45) is 0 Å². The Labute approximate surface area is 173 Å². The summed E-state index contributed by atoms with van der Waals surface area (Å²) in [5.41, 5.74) is 1.12. The molecule has 0 atom stereocenters. The molecular formula is C21H29N5O2S. The van der Waals surface area contributed by atoms with Crippen LogP contribution in [-0.4, -0.2) is 61.8 Å². The van der Waals surface area contributed by atoms with Crippen LogP contribution in [0.25, 0.3) is 0 Å². The predicted molar refractivity (Wildman–Crippen MR) is 115 cm³/mol. The summed E-state index contributed by atoms with van der Waals surface area (Å²) in [6.07, 6.45) is 8.15. The molecule has 0 aliphatic carbocycles. The number of nitrogens with zero attached hydrogens (tertiary/aromatic N) is 4. The van der Waals surface area contributed by atoms with Crippen molar-refractivity contribution in [1.82, 2.24) is 14.9 Å². The zero-order valence-corrected chi connectivity index (χ0v) is 17.7. The number of hydrogen-bond donors (Lipinski definition) is 1. The van der Waals surface area contributed by atoms with Gasteiger partial charge in [0.05, 0.1) is 10.9 Å². The molecule has 2 fully saturated rings. The third kappa shape index (κ3) is 5.25. The molecular weight excluding hydrogens is 386 g/mol. The Balaban J connectivity index is 1.28. The van der Waals surface area contributed by atoms with E-state index < -0.39 is 9.84 Å². The molecule has 0 bridgehead atoms. The summed E-state index contributed by atoms with van der Waals surface area (Å²) in [7, 11) is -3.14. The molecule has 29 heavy (non-hydrogen) atoms. The Morgan fingerprint density at radius 3 is 2.38 bits per heavy atom. The standard InChI is InChI=1S/C21H29N5O2S/c1-29(27,28)19-8-6-17(7-9-19)14-25-15-18(16-25)23-21-22-11-10-20(24-21)26-12-4-2-3-5-13-26/h6-11,18H,2-5,12-16H2,1H3,(H,22,23,24). The third-order valence-corrected chi connectivity index (χ3v) is 6.75. The van der Waals surface area contributed by atoms with Crippen LogP contribution in [0.3, 0.4) is 0 Å². The summed E-state index contributed by atoms with van der Waals surface area (Å²) in [5.74, 6) is 1.72. The maximum absolute atomic E-state index is 11.6. The number of sulfone groups is 1. The highest BCUT2D eigenvalue weighted by Crippen LogP contribution is 2.20. The normalized spacial score (nSPS) is 18.9. The van der Waals surface area contributed by atoms with Crippen LogP contribution in [0.1, 0.15) is 31.2 Å². The van der Waals surface area contributed by atoms with Crippen LogP contribution in [0.4, 0.5) is 11.8 Å². The fourth-order valence-electron chi connectivity index (χ4n) is 3.97. The average Bonchev–Trinajstić information content (AvgIpc) is 2.96. The quantitative estimate of drug-likeness (QED) is 0.777. The summed E-state index contributed by atoms with van der Waals surface area (Å²) in [6.45, 7) is 4.81. The summed E-state index contributed by atoms with van der Waals surface area (Å²) < 4.78 is 23.1. The van der Waals surface area contributed by atoms with Gasteiger partial charge < -0.3 is 10.2 Å². The van der Waals surface area contributed by atoms with E-state index in [1.54, 1.807) is 12.1 Å². The number of likely N-dealkylation sites (tertiary alicyclic amines) is 1. The van der Waals surface area contributed by atoms with Crippen molar-refractivity contribution in [3.05, 3.63) is 42.1 Å². The van der Waals surface area contributed by atoms with Gasteiger partial charge in [-0.3, -0.25) is 4.90 Å². The maximum Gasteiger partial charge on any atom is 0.224 e. The van der Waals surface area contributed by atoms with E-state index in [2.05, 4.69) is 20.1 Å². The largest absolute Gasteiger partial charge is 0.356 e. The summed E-state index contributed by atoms with van der Waals surface area (Å²) in [4.78, 5) is 14.2. The fraction of sp³-hybridized carbons (Fsp3) is 0.524. The Bertz CT molecular complexity index is 918. The van der Waals surface area contributed by atoms with Crippen LogP contribution in [0.2, 0.25) is 0 Å². The van der Waals surface area contributed by atoms with E-state index in [0.29, 0.717) is 16.9 Å². The van der Waals surface area contributed by atoms with Crippen LogP contribution in [0, 0.1) is 0 Å². The Kier molecular flexibility index (Phi) is 6.01. The Morgan fingerprint density at radius 1 is 1.03 bits per heavy atom. The van der Waals surface area contributed by atoms with Gasteiger partial charge in [0, 0.05) is 45.2 Å². The van der Waals surface area contributed by atoms with Crippen molar-refractivity contribution in [3.63, 3.8) is 0 Å². The smallest absolute Gasteiger partial charge is 0.224 e. The summed E-state index contributed by atoms with van der Waals surface area (Å²) in [6, 6.07) is 9.49. The number of hydrogen-bond acceptors (Lipinski definition) is 7. The first-order valence-corrected chi connectivity index (χ1v) is 12.2. The van der Waals surface area contributed by atoms with E-state index in [9.17, 15) is 8.42 Å². The van der Waals surface area contributed by atoms with Gasteiger partial charge in [-0.1, -0.05) is 25.0 Å². The van der Waals surface area contributed by atoms with Gasteiger partial charge in [-0.05, 0) is 36.6 Å². The third-order valence-electron chi connectivity index (χ3n) is 5.62. The second-order valence-electron chi connectivity index (χ2n) is 8.09. The van der Waals surface area contributed by atoms with Crippen molar-refractivity contribution >= 4 is 21.6 Å². The van der Waals surface area contributed by atoms with Gasteiger partial charge in [0.15, 0.2) is 9.84 Å². The zero-order valence-electron chi connectivity index (χ0n) is 16.9. The maximum atomic E-state index is 11.6. The molecule has 2 saturated heterocycles. The van der Waals surface area contributed by atoms with Crippen LogP contribution >= 0.6 is 0 Å². The van der Waals surface area contributed by atoms with Crippen molar-refractivity contribution in [2.75, 3.05) is 42.7 Å².